The zero-order chi connectivity index (χ0) is 9.97. The van der Waals surface area contributed by atoms with E-state index in [1.54, 1.807) is 0 Å². The lowest BCUT2D eigenvalue weighted by Crippen LogP contribution is -2.06. The highest BCUT2D eigenvalue weighted by molar-refractivity contribution is 5.35. The van der Waals surface area contributed by atoms with E-state index in [1.807, 2.05) is 0 Å². The van der Waals surface area contributed by atoms with Crippen molar-refractivity contribution in [3.63, 3.8) is 0 Å². The normalized spacial score (nSPS) is 15.6. The Hall–Kier alpha value is -1.19. The Labute approximate surface area is 81.4 Å². The Bertz CT molecular complexity index is 324. The second kappa shape index (κ2) is 3.90. The third kappa shape index (κ3) is 2.40. The lowest BCUT2D eigenvalue weighted by molar-refractivity contribution is 0.574. The molecule has 1 aliphatic carbocycles. The highest BCUT2D eigenvalue weighted by atomic mass is 19.1. The first kappa shape index (κ1) is 9.37. The minimum Gasteiger partial charge on any atom is -0.368 e. The molecule has 2 rings (SSSR count). The molecule has 1 aromatic rings. The van der Waals surface area contributed by atoms with E-state index in [9.17, 15) is 8.78 Å². The van der Waals surface area contributed by atoms with Crippen LogP contribution in [0.4, 0.5) is 14.6 Å². The molecule has 4 heteroatoms. The maximum Gasteiger partial charge on any atom is 0.168 e. The highest BCUT2D eigenvalue weighted by Gasteiger charge is 2.20. The number of anilines is 1. The third-order valence-electron chi connectivity index (χ3n) is 2.35. The second-order valence-electron chi connectivity index (χ2n) is 3.64. The molecule has 76 valence electrons. The molecule has 0 saturated heterocycles. The maximum absolute atomic E-state index is 13.0. The largest absolute Gasteiger partial charge is 0.368 e. The van der Waals surface area contributed by atoms with Gasteiger partial charge in [-0.05, 0) is 12.3 Å². The summed E-state index contributed by atoms with van der Waals surface area (Å²) in [6, 6.07) is 0.840. The smallest absolute Gasteiger partial charge is 0.168 e. The molecular formula is C10H12F2N2. The Kier molecular flexibility index (Phi) is 2.61. The van der Waals surface area contributed by atoms with E-state index in [1.165, 1.54) is 12.8 Å². The molecule has 0 aromatic carbocycles. The summed E-state index contributed by atoms with van der Waals surface area (Å²) >= 11 is 0. The number of nitrogens with one attached hydrogen (secondary N) is 1. The van der Waals surface area contributed by atoms with E-state index in [0.717, 1.165) is 24.6 Å². The number of nitrogens with zero attached hydrogens (tertiary/aromatic N) is 1. The maximum atomic E-state index is 13.0. The predicted molar refractivity (Wildman–Crippen MR) is 50.0 cm³/mol. The van der Waals surface area contributed by atoms with Crippen LogP contribution in [-0.4, -0.2) is 11.5 Å². The number of pyridine rings is 1. The van der Waals surface area contributed by atoms with E-state index >= 15 is 0 Å². The van der Waals surface area contributed by atoms with Gasteiger partial charge in [-0.1, -0.05) is 12.8 Å². The molecule has 1 aromatic heterocycles. The highest BCUT2D eigenvalue weighted by Crippen LogP contribution is 2.32. The van der Waals surface area contributed by atoms with E-state index in [0.29, 0.717) is 6.54 Å². The average Bonchev–Trinajstić information content (AvgIpc) is 2.92. The van der Waals surface area contributed by atoms with Crippen LogP contribution in [0.25, 0.3) is 0 Å². The lowest BCUT2D eigenvalue weighted by atomic mass is 10.3. The van der Waals surface area contributed by atoms with Gasteiger partial charge in [0.15, 0.2) is 11.6 Å². The van der Waals surface area contributed by atoms with Gasteiger partial charge in [-0.2, -0.15) is 0 Å². The van der Waals surface area contributed by atoms with Crippen molar-refractivity contribution in [1.82, 2.24) is 4.98 Å². The van der Waals surface area contributed by atoms with Gasteiger partial charge >= 0.3 is 0 Å². The summed E-state index contributed by atoms with van der Waals surface area (Å²) in [7, 11) is 0. The number of hydrogen-bond acceptors (Lipinski definition) is 2. The van der Waals surface area contributed by atoms with Crippen LogP contribution in [0, 0.1) is 17.6 Å². The monoisotopic (exact) mass is 198 g/mol. The average molecular weight is 198 g/mol. The van der Waals surface area contributed by atoms with Crippen LogP contribution < -0.4 is 5.32 Å². The van der Waals surface area contributed by atoms with E-state index in [2.05, 4.69) is 10.3 Å². The number of halogens is 2. The summed E-state index contributed by atoms with van der Waals surface area (Å²) in [5.41, 5.74) is 0. The van der Waals surface area contributed by atoms with Gasteiger partial charge in [-0.15, -0.1) is 0 Å². The fraction of sp³-hybridized carbons (Fsp3) is 0.500. The first-order valence-electron chi connectivity index (χ1n) is 4.80. The van der Waals surface area contributed by atoms with Crippen molar-refractivity contribution in [3.8, 4) is 0 Å². The Morgan fingerprint density at radius 3 is 2.86 bits per heavy atom. The van der Waals surface area contributed by atoms with Gasteiger partial charge in [0.1, 0.15) is 5.82 Å². The van der Waals surface area contributed by atoms with Gasteiger partial charge in [0.25, 0.3) is 0 Å². The van der Waals surface area contributed by atoms with Crippen LogP contribution in [0.3, 0.4) is 0 Å². The minimum absolute atomic E-state index is 0.145. The quantitative estimate of drug-likeness (QED) is 0.804. The predicted octanol–water partition coefficient (Wildman–Crippen LogP) is 2.57. The summed E-state index contributed by atoms with van der Waals surface area (Å²) in [6.45, 7) is 0.709. The summed E-state index contributed by atoms with van der Waals surface area (Å²) in [6.07, 6.45) is 4.61. The first-order valence-corrected chi connectivity index (χ1v) is 4.80. The summed E-state index contributed by atoms with van der Waals surface area (Å²) in [4.78, 5) is 3.63. The zero-order valence-corrected chi connectivity index (χ0v) is 7.76. The van der Waals surface area contributed by atoms with Crippen LogP contribution >= 0.6 is 0 Å². The molecule has 14 heavy (non-hydrogen) atoms. The van der Waals surface area contributed by atoms with Gasteiger partial charge in [0.05, 0.1) is 6.20 Å². The van der Waals surface area contributed by atoms with Crippen molar-refractivity contribution in [2.24, 2.45) is 5.92 Å². The Morgan fingerprint density at radius 2 is 2.21 bits per heavy atom. The Morgan fingerprint density at radius 1 is 1.43 bits per heavy atom. The third-order valence-corrected chi connectivity index (χ3v) is 2.35. The molecule has 2 nitrogen and oxygen atoms in total. The second-order valence-corrected chi connectivity index (χ2v) is 3.64. The summed E-state index contributed by atoms with van der Waals surface area (Å²) < 4.78 is 25.5. The van der Waals surface area contributed by atoms with Crippen LogP contribution in [0.5, 0.6) is 0 Å². The molecule has 0 radical (unpaired) electrons. The number of rotatable bonds is 4. The Balaban J connectivity index is 1.87. The van der Waals surface area contributed by atoms with Crippen LogP contribution in [0.2, 0.25) is 0 Å². The van der Waals surface area contributed by atoms with Crippen molar-refractivity contribution in [3.05, 3.63) is 23.9 Å². The number of aromatic nitrogens is 1. The van der Waals surface area contributed by atoms with Crippen molar-refractivity contribution in [2.45, 2.75) is 19.3 Å². The van der Waals surface area contributed by atoms with Gasteiger partial charge in [-0.3, -0.25) is 0 Å². The molecule has 1 saturated carbocycles. The molecule has 1 heterocycles. The molecule has 0 spiro atoms. The molecule has 1 N–H and O–H groups in total. The van der Waals surface area contributed by atoms with Crippen molar-refractivity contribution in [1.29, 1.82) is 0 Å². The van der Waals surface area contributed by atoms with Crippen molar-refractivity contribution in [2.75, 3.05) is 11.9 Å². The van der Waals surface area contributed by atoms with Gasteiger partial charge in [-0.25, -0.2) is 13.8 Å². The van der Waals surface area contributed by atoms with E-state index in [-0.39, 0.29) is 5.82 Å². The summed E-state index contributed by atoms with van der Waals surface area (Å²) in [5.74, 6) is -0.325. The molecule has 1 fully saturated rings. The molecule has 0 amide bonds. The first-order chi connectivity index (χ1) is 6.75. The fourth-order valence-corrected chi connectivity index (χ4v) is 1.35. The van der Waals surface area contributed by atoms with E-state index < -0.39 is 11.6 Å². The molecule has 0 aliphatic heterocycles. The van der Waals surface area contributed by atoms with Crippen LogP contribution in [0.15, 0.2) is 12.3 Å². The molecule has 0 unspecified atom stereocenters. The zero-order valence-electron chi connectivity index (χ0n) is 7.76. The lowest BCUT2D eigenvalue weighted by Gasteiger charge is -2.05. The van der Waals surface area contributed by atoms with Crippen LogP contribution in [-0.2, 0) is 0 Å². The SMILES string of the molecule is Fc1cnc(NCCC2CC2)c(F)c1. The van der Waals surface area contributed by atoms with Gasteiger partial charge in [0, 0.05) is 12.6 Å². The minimum atomic E-state index is -0.643. The topological polar surface area (TPSA) is 24.9 Å². The van der Waals surface area contributed by atoms with Crippen molar-refractivity contribution >= 4 is 5.82 Å². The fourth-order valence-electron chi connectivity index (χ4n) is 1.35. The van der Waals surface area contributed by atoms with Gasteiger partial charge in [0.2, 0.25) is 0 Å². The molecule has 0 atom stereocenters. The molecular weight excluding hydrogens is 186 g/mol. The van der Waals surface area contributed by atoms with E-state index in [4.69, 9.17) is 0 Å². The molecule has 0 bridgehead atoms. The summed E-state index contributed by atoms with van der Waals surface area (Å²) in [5, 5.41) is 2.86. The van der Waals surface area contributed by atoms with Crippen molar-refractivity contribution < 1.29 is 8.78 Å². The van der Waals surface area contributed by atoms with Crippen LogP contribution in [0.1, 0.15) is 19.3 Å². The van der Waals surface area contributed by atoms with Gasteiger partial charge < -0.3 is 5.32 Å². The number of hydrogen-bond donors (Lipinski definition) is 1. The molecule has 1 aliphatic rings. The standard InChI is InChI=1S/C10H12F2N2/c11-8-5-9(12)10(14-6-8)13-4-3-7-1-2-7/h5-7H,1-4H2,(H,13,14).